The lowest BCUT2D eigenvalue weighted by atomic mass is 10.0. The van der Waals surface area contributed by atoms with Crippen molar-refractivity contribution in [2.75, 3.05) is 53.7 Å². The Balaban J connectivity index is 1.71. The number of guanidine groups is 1. The lowest BCUT2D eigenvalue weighted by molar-refractivity contribution is 0.0203. The molecule has 0 bridgehead atoms. The van der Waals surface area contributed by atoms with E-state index in [-0.39, 0.29) is 0 Å². The smallest absolute Gasteiger partial charge is 0.191 e. The highest BCUT2D eigenvalue weighted by atomic mass is 16.5. The van der Waals surface area contributed by atoms with Gasteiger partial charge in [0, 0.05) is 39.5 Å². The number of hydrogen-bond donors (Lipinski definition) is 2. The highest BCUT2D eigenvalue weighted by molar-refractivity contribution is 5.79. The fourth-order valence-corrected chi connectivity index (χ4v) is 3.04. The van der Waals surface area contributed by atoms with Crippen LogP contribution >= 0.6 is 0 Å². The summed E-state index contributed by atoms with van der Waals surface area (Å²) in [5.74, 6) is 2.90. The Morgan fingerprint density at radius 3 is 2.64 bits per heavy atom. The average Bonchev–Trinajstić information content (AvgIpc) is 2.74. The average molecular weight is 394 g/mol. The van der Waals surface area contributed by atoms with E-state index in [2.05, 4.69) is 22.5 Å². The van der Waals surface area contributed by atoms with Crippen LogP contribution in [0.25, 0.3) is 0 Å². The van der Waals surface area contributed by atoms with Crippen molar-refractivity contribution in [1.82, 2.24) is 10.6 Å². The zero-order chi connectivity index (χ0) is 20.0. The minimum atomic E-state index is 0.565. The maximum Gasteiger partial charge on any atom is 0.191 e. The molecular formula is C21H35N3O4. The summed E-state index contributed by atoms with van der Waals surface area (Å²) in [5.41, 5.74) is 1.06. The van der Waals surface area contributed by atoms with Gasteiger partial charge in [-0.05, 0) is 49.8 Å². The van der Waals surface area contributed by atoms with Crippen LogP contribution in [-0.4, -0.2) is 59.7 Å². The normalized spacial score (nSPS) is 15.3. The van der Waals surface area contributed by atoms with Crippen molar-refractivity contribution in [2.24, 2.45) is 10.9 Å². The van der Waals surface area contributed by atoms with E-state index in [1.54, 1.807) is 14.2 Å². The number of methoxy groups -OCH3 is 2. The summed E-state index contributed by atoms with van der Waals surface area (Å²) in [6, 6.07) is 5.86. The highest BCUT2D eigenvalue weighted by Gasteiger charge is 2.13. The molecule has 1 aliphatic heterocycles. The maximum atomic E-state index is 5.81. The SMILES string of the molecule is CCNC(=NCc1ccc(OC)c(OC)c1)NCCCOCC1CCOCC1. The van der Waals surface area contributed by atoms with Crippen molar-refractivity contribution in [3.05, 3.63) is 23.8 Å². The first-order valence-electron chi connectivity index (χ1n) is 10.1. The van der Waals surface area contributed by atoms with Crippen LogP contribution in [0.1, 0.15) is 31.7 Å². The van der Waals surface area contributed by atoms with E-state index in [4.69, 9.17) is 18.9 Å². The molecule has 0 atom stereocenters. The minimum absolute atomic E-state index is 0.565. The van der Waals surface area contributed by atoms with Gasteiger partial charge in [-0.1, -0.05) is 6.07 Å². The quantitative estimate of drug-likeness (QED) is 0.342. The Morgan fingerprint density at radius 2 is 1.93 bits per heavy atom. The molecule has 1 saturated heterocycles. The summed E-state index contributed by atoms with van der Waals surface area (Å²) >= 11 is 0. The Labute approximate surface area is 168 Å². The van der Waals surface area contributed by atoms with Gasteiger partial charge >= 0.3 is 0 Å². The number of ether oxygens (including phenoxy) is 4. The standard InChI is InChI=1S/C21H35N3O4/c1-4-22-21(23-10-5-11-28-16-17-8-12-27-13-9-17)24-15-18-6-7-19(25-2)20(14-18)26-3/h6-7,14,17H,4-5,8-13,15-16H2,1-3H3,(H2,22,23,24). The third kappa shape index (κ3) is 7.94. The molecule has 0 unspecified atom stereocenters. The van der Waals surface area contributed by atoms with Gasteiger partial charge in [0.15, 0.2) is 17.5 Å². The second-order valence-electron chi connectivity index (χ2n) is 6.80. The summed E-state index contributed by atoms with van der Waals surface area (Å²) in [4.78, 5) is 4.65. The molecule has 0 saturated carbocycles. The van der Waals surface area contributed by atoms with Gasteiger partial charge < -0.3 is 29.6 Å². The molecule has 0 amide bonds. The zero-order valence-corrected chi connectivity index (χ0v) is 17.5. The second kappa shape index (κ2) is 13.2. The van der Waals surface area contributed by atoms with E-state index < -0.39 is 0 Å². The van der Waals surface area contributed by atoms with E-state index in [0.717, 1.165) is 81.8 Å². The number of hydrogen-bond acceptors (Lipinski definition) is 5. The molecule has 1 fully saturated rings. The van der Waals surface area contributed by atoms with Crippen LogP contribution in [0.4, 0.5) is 0 Å². The molecule has 0 radical (unpaired) electrons. The van der Waals surface area contributed by atoms with Gasteiger partial charge in [0.05, 0.1) is 20.8 Å². The summed E-state index contributed by atoms with van der Waals surface area (Å²) < 4.78 is 21.8. The Morgan fingerprint density at radius 1 is 1.14 bits per heavy atom. The van der Waals surface area contributed by atoms with Gasteiger partial charge in [0.2, 0.25) is 0 Å². The van der Waals surface area contributed by atoms with Gasteiger partial charge in [0.25, 0.3) is 0 Å². The largest absolute Gasteiger partial charge is 0.493 e. The van der Waals surface area contributed by atoms with Crippen LogP contribution in [0.3, 0.4) is 0 Å². The second-order valence-corrected chi connectivity index (χ2v) is 6.80. The van der Waals surface area contributed by atoms with Crippen LogP contribution in [0, 0.1) is 5.92 Å². The van der Waals surface area contributed by atoms with Crippen LogP contribution < -0.4 is 20.1 Å². The lowest BCUT2D eigenvalue weighted by Crippen LogP contribution is -2.38. The molecule has 158 valence electrons. The first kappa shape index (κ1) is 22.3. The molecular weight excluding hydrogens is 358 g/mol. The number of nitrogens with one attached hydrogen (secondary N) is 2. The van der Waals surface area contributed by atoms with Gasteiger partial charge in [-0.3, -0.25) is 0 Å². The van der Waals surface area contributed by atoms with Crippen molar-refractivity contribution in [3.8, 4) is 11.5 Å². The Bertz CT molecular complexity index is 589. The van der Waals surface area contributed by atoms with Gasteiger partial charge in [-0.2, -0.15) is 0 Å². The summed E-state index contributed by atoms with van der Waals surface area (Å²) in [6.45, 7) is 7.62. The highest BCUT2D eigenvalue weighted by Crippen LogP contribution is 2.27. The van der Waals surface area contributed by atoms with E-state index in [1.165, 1.54) is 0 Å². The zero-order valence-electron chi connectivity index (χ0n) is 17.5. The van der Waals surface area contributed by atoms with E-state index in [1.807, 2.05) is 18.2 Å². The summed E-state index contributed by atoms with van der Waals surface area (Å²) in [6.07, 6.45) is 3.18. The van der Waals surface area contributed by atoms with Crippen molar-refractivity contribution in [1.29, 1.82) is 0 Å². The summed E-state index contributed by atoms with van der Waals surface area (Å²) in [5, 5.41) is 6.64. The molecule has 7 heteroatoms. The minimum Gasteiger partial charge on any atom is -0.493 e. The third-order valence-corrected chi connectivity index (χ3v) is 4.66. The van der Waals surface area contributed by atoms with Crippen molar-refractivity contribution in [3.63, 3.8) is 0 Å². The molecule has 1 heterocycles. The van der Waals surface area contributed by atoms with Gasteiger partial charge in [-0.25, -0.2) is 4.99 Å². The van der Waals surface area contributed by atoms with Gasteiger partial charge in [-0.15, -0.1) is 0 Å². The Kier molecular flexibility index (Phi) is 10.5. The van der Waals surface area contributed by atoms with E-state index in [9.17, 15) is 0 Å². The third-order valence-electron chi connectivity index (χ3n) is 4.66. The number of aliphatic imine (C=N–C) groups is 1. The molecule has 1 aliphatic rings. The molecule has 7 nitrogen and oxygen atoms in total. The van der Waals surface area contributed by atoms with Crippen LogP contribution in [0.2, 0.25) is 0 Å². The van der Waals surface area contributed by atoms with Gasteiger partial charge in [0.1, 0.15) is 0 Å². The number of rotatable bonds is 11. The lowest BCUT2D eigenvalue weighted by Gasteiger charge is -2.21. The predicted molar refractivity (Wildman–Crippen MR) is 111 cm³/mol. The van der Waals surface area contributed by atoms with Crippen LogP contribution in [-0.2, 0) is 16.0 Å². The van der Waals surface area contributed by atoms with Crippen molar-refractivity contribution >= 4 is 5.96 Å². The van der Waals surface area contributed by atoms with Crippen molar-refractivity contribution in [2.45, 2.75) is 32.7 Å². The fraction of sp³-hybridized carbons (Fsp3) is 0.667. The first-order valence-corrected chi connectivity index (χ1v) is 10.1. The molecule has 0 aromatic heterocycles. The van der Waals surface area contributed by atoms with Crippen LogP contribution in [0.15, 0.2) is 23.2 Å². The van der Waals surface area contributed by atoms with Crippen molar-refractivity contribution < 1.29 is 18.9 Å². The molecule has 28 heavy (non-hydrogen) atoms. The molecule has 2 N–H and O–H groups in total. The molecule has 0 aliphatic carbocycles. The maximum absolute atomic E-state index is 5.81. The first-order chi connectivity index (χ1) is 13.8. The Hall–Kier alpha value is -1.99. The molecule has 1 aromatic carbocycles. The number of benzene rings is 1. The number of nitrogens with zero attached hydrogens (tertiary/aromatic N) is 1. The van der Waals surface area contributed by atoms with Crippen LogP contribution in [0.5, 0.6) is 11.5 Å². The van der Waals surface area contributed by atoms with E-state index in [0.29, 0.717) is 12.5 Å². The molecule has 1 aromatic rings. The van der Waals surface area contributed by atoms with E-state index >= 15 is 0 Å². The monoisotopic (exact) mass is 393 g/mol. The predicted octanol–water partition coefficient (Wildman–Crippen LogP) is 2.59. The fourth-order valence-electron chi connectivity index (χ4n) is 3.04. The molecule has 0 spiro atoms. The topological polar surface area (TPSA) is 73.3 Å². The summed E-state index contributed by atoms with van der Waals surface area (Å²) in [7, 11) is 3.27. The molecule has 2 rings (SSSR count).